The number of benzene rings is 2. The van der Waals surface area contributed by atoms with Crippen LogP contribution in [0.5, 0.6) is 0 Å². The fraction of sp³-hybridized carbons (Fsp3) is 0.320. The average molecular weight is 344 g/mol. The van der Waals surface area contributed by atoms with E-state index in [1.807, 2.05) is 0 Å². The van der Waals surface area contributed by atoms with Crippen LogP contribution in [0.4, 0.5) is 5.69 Å². The van der Waals surface area contributed by atoms with Crippen LogP contribution < -0.4 is 0 Å². The van der Waals surface area contributed by atoms with Gasteiger partial charge in [0.15, 0.2) is 0 Å². The molecule has 1 unspecified atom stereocenters. The van der Waals surface area contributed by atoms with Crippen LogP contribution in [0.25, 0.3) is 0 Å². The van der Waals surface area contributed by atoms with Crippen LogP contribution in [0, 0.1) is 20.8 Å². The SMILES string of the molecule is CC1=CC(c2ccccc2CC=Nc2c(C)cc(C)cc2C)C(C)=C1C. The number of hydrogen-bond acceptors (Lipinski definition) is 1. The minimum Gasteiger partial charge on any atom is -0.260 e. The molecular formula is C25H29N. The van der Waals surface area contributed by atoms with E-state index in [-0.39, 0.29) is 0 Å². The molecule has 0 amide bonds. The fourth-order valence-corrected chi connectivity index (χ4v) is 4.00. The van der Waals surface area contributed by atoms with Crippen molar-refractivity contribution < 1.29 is 0 Å². The van der Waals surface area contributed by atoms with Crippen LogP contribution in [0.3, 0.4) is 0 Å². The van der Waals surface area contributed by atoms with Crippen LogP contribution in [-0.4, -0.2) is 6.21 Å². The highest BCUT2D eigenvalue weighted by Gasteiger charge is 2.21. The Morgan fingerprint density at radius 3 is 2.19 bits per heavy atom. The summed E-state index contributed by atoms with van der Waals surface area (Å²) in [5.74, 6) is 0.405. The summed E-state index contributed by atoms with van der Waals surface area (Å²) in [6.45, 7) is 13.1. The lowest BCUT2D eigenvalue weighted by atomic mass is 9.89. The number of rotatable bonds is 4. The van der Waals surface area contributed by atoms with Crippen LogP contribution in [0.1, 0.15) is 54.5 Å². The molecule has 0 saturated carbocycles. The van der Waals surface area contributed by atoms with E-state index in [4.69, 9.17) is 4.99 Å². The normalized spacial score (nSPS) is 17.3. The van der Waals surface area contributed by atoms with Crippen LogP contribution >= 0.6 is 0 Å². The Labute approximate surface area is 158 Å². The third-order valence-corrected chi connectivity index (χ3v) is 5.62. The molecule has 0 saturated heterocycles. The van der Waals surface area contributed by atoms with Crippen LogP contribution in [0.2, 0.25) is 0 Å². The molecule has 2 aromatic carbocycles. The first-order chi connectivity index (χ1) is 12.4. The second kappa shape index (κ2) is 7.45. The van der Waals surface area contributed by atoms with Gasteiger partial charge in [-0.15, -0.1) is 0 Å². The molecule has 0 fully saturated rings. The van der Waals surface area contributed by atoms with E-state index >= 15 is 0 Å². The van der Waals surface area contributed by atoms with Crippen LogP contribution in [-0.2, 0) is 6.42 Å². The third kappa shape index (κ3) is 3.58. The van der Waals surface area contributed by atoms with Gasteiger partial charge in [0.2, 0.25) is 0 Å². The van der Waals surface area contributed by atoms with Crippen molar-refractivity contribution in [1.29, 1.82) is 0 Å². The Morgan fingerprint density at radius 2 is 1.58 bits per heavy atom. The van der Waals surface area contributed by atoms with Gasteiger partial charge in [-0.2, -0.15) is 0 Å². The quantitative estimate of drug-likeness (QED) is 0.533. The highest BCUT2D eigenvalue weighted by Crippen LogP contribution is 2.38. The highest BCUT2D eigenvalue weighted by atomic mass is 14.7. The molecule has 0 N–H and O–H groups in total. The van der Waals surface area contributed by atoms with E-state index in [0.29, 0.717) is 5.92 Å². The lowest BCUT2D eigenvalue weighted by Crippen LogP contribution is -2.01. The molecule has 0 heterocycles. The summed E-state index contributed by atoms with van der Waals surface area (Å²) in [6.07, 6.45) is 5.33. The number of hydrogen-bond donors (Lipinski definition) is 0. The summed E-state index contributed by atoms with van der Waals surface area (Å²) >= 11 is 0. The second-order valence-corrected chi connectivity index (χ2v) is 7.60. The molecule has 0 radical (unpaired) electrons. The van der Waals surface area contributed by atoms with Crippen molar-refractivity contribution >= 4 is 11.9 Å². The Balaban J connectivity index is 1.87. The Hall–Kier alpha value is -2.41. The van der Waals surface area contributed by atoms with Crippen molar-refractivity contribution in [2.45, 2.75) is 53.9 Å². The molecule has 26 heavy (non-hydrogen) atoms. The lowest BCUT2D eigenvalue weighted by Gasteiger charge is -2.15. The van der Waals surface area contributed by atoms with Gasteiger partial charge in [-0.05, 0) is 69.4 Å². The predicted molar refractivity (Wildman–Crippen MR) is 114 cm³/mol. The topological polar surface area (TPSA) is 12.4 Å². The smallest absolute Gasteiger partial charge is 0.0684 e. The molecule has 0 bridgehead atoms. The maximum atomic E-state index is 4.81. The zero-order valence-electron chi connectivity index (χ0n) is 16.9. The minimum atomic E-state index is 0.405. The van der Waals surface area contributed by atoms with Crippen molar-refractivity contribution in [1.82, 2.24) is 0 Å². The molecule has 0 aliphatic heterocycles. The molecule has 0 spiro atoms. The first-order valence-electron chi connectivity index (χ1n) is 9.43. The van der Waals surface area contributed by atoms with E-state index in [0.717, 1.165) is 12.1 Å². The van der Waals surface area contributed by atoms with Gasteiger partial charge in [0.1, 0.15) is 0 Å². The average Bonchev–Trinajstić information content (AvgIpc) is 2.85. The predicted octanol–water partition coefficient (Wildman–Crippen LogP) is 6.94. The highest BCUT2D eigenvalue weighted by molar-refractivity contribution is 5.70. The summed E-state index contributed by atoms with van der Waals surface area (Å²) < 4.78 is 0. The van der Waals surface area contributed by atoms with E-state index in [2.05, 4.69) is 90.2 Å². The van der Waals surface area contributed by atoms with Gasteiger partial charge in [-0.3, -0.25) is 4.99 Å². The Morgan fingerprint density at radius 1 is 0.923 bits per heavy atom. The maximum absolute atomic E-state index is 4.81. The number of allylic oxidation sites excluding steroid dienone is 4. The number of aryl methyl sites for hydroxylation is 3. The van der Waals surface area contributed by atoms with Gasteiger partial charge < -0.3 is 0 Å². The van der Waals surface area contributed by atoms with Crippen LogP contribution in [0.15, 0.2) is 64.2 Å². The molecule has 1 aliphatic carbocycles. The van der Waals surface area contributed by atoms with Gasteiger partial charge in [0.25, 0.3) is 0 Å². The first-order valence-corrected chi connectivity index (χ1v) is 9.43. The molecule has 1 nitrogen and oxygen atoms in total. The standard InChI is InChI=1S/C25H29N/c1-16-13-18(3)25(19(4)14-16)26-12-11-22-9-7-8-10-23(22)24-15-17(2)20(5)21(24)6/h7-10,12-15,24H,11H2,1-6H3. The van der Waals surface area contributed by atoms with Gasteiger partial charge in [-0.1, -0.05) is 59.2 Å². The van der Waals surface area contributed by atoms with Gasteiger partial charge in [0, 0.05) is 18.6 Å². The molecule has 3 rings (SSSR count). The molecule has 1 atom stereocenters. The summed E-state index contributed by atoms with van der Waals surface area (Å²) in [7, 11) is 0. The maximum Gasteiger partial charge on any atom is 0.0684 e. The van der Waals surface area contributed by atoms with Crippen molar-refractivity contribution in [3.05, 3.63) is 87.0 Å². The van der Waals surface area contributed by atoms with Gasteiger partial charge >= 0.3 is 0 Å². The summed E-state index contributed by atoms with van der Waals surface area (Å²) in [6, 6.07) is 13.2. The van der Waals surface area contributed by atoms with E-state index < -0.39 is 0 Å². The fourth-order valence-electron chi connectivity index (χ4n) is 4.00. The third-order valence-electron chi connectivity index (χ3n) is 5.62. The first kappa shape index (κ1) is 18.4. The summed E-state index contributed by atoms with van der Waals surface area (Å²) in [5.41, 5.74) is 12.0. The van der Waals surface area contributed by atoms with Crippen molar-refractivity contribution in [3.63, 3.8) is 0 Å². The minimum absolute atomic E-state index is 0.405. The zero-order chi connectivity index (χ0) is 18.8. The molecule has 2 aromatic rings. The number of nitrogens with zero attached hydrogens (tertiary/aromatic N) is 1. The summed E-state index contributed by atoms with van der Waals surface area (Å²) in [5, 5.41) is 0. The Kier molecular flexibility index (Phi) is 5.27. The van der Waals surface area contributed by atoms with Crippen molar-refractivity contribution in [2.75, 3.05) is 0 Å². The molecule has 1 heteroatoms. The van der Waals surface area contributed by atoms with Crippen molar-refractivity contribution in [2.24, 2.45) is 4.99 Å². The van der Waals surface area contributed by atoms with Gasteiger partial charge in [-0.25, -0.2) is 0 Å². The lowest BCUT2D eigenvalue weighted by molar-refractivity contribution is 0.980. The summed E-state index contributed by atoms with van der Waals surface area (Å²) in [4.78, 5) is 4.81. The van der Waals surface area contributed by atoms with E-state index in [1.54, 1.807) is 0 Å². The molecule has 0 aromatic heterocycles. The molecule has 134 valence electrons. The van der Waals surface area contributed by atoms with E-state index in [1.165, 1.54) is 44.5 Å². The number of aliphatic imine (C=N–C) groups is 1. The monoisotopic (exact) mass is 343 g/mol. The largest absolute Gasteiger partial charge is 0.260 e. The molecule has 1 aliphatic rings. The van der Waals surface area contributed by atoms with Gasteiger partial charge in [0.05, 0.1) is 5.69 Å². The second-order valence-electron chi connectivity index (χ2n) is 7.60. The molecular weight excluding hydrogens is 314 g/mol. The van der Waals surface area contributed by atoms with Crippen molar-refractivity contribution in [3.8, 4) is 0 Å². The Bertz CT molecular complexity index is 902. The zero-order valence-corrected chi connectivity index (χ0v) is 16.9. The van der Waals surface area contributed by atoms with E-state index in [9.17, 15) is 0 Å².